The molecule has 4 aromatic rings. The molecule has 5 rings (SSSR count). The van der Waals surface area contributed by atoms with Crippen molar-refractivity contribution in [1.29, 1.82) is 0 Å². The number of piperidine rings is 1. The van der Waals surface area contributed by atoms with Gasteiger partial charge in [-0.1, -0.05) is 12.1 Å². The fourth-order valence-corrected chi connectivity index (χ4v) is 4.53. The Kier molecular flexibility index (Phi) is 5.88. The van der Waals surface area contributed by atoms with Crippen molar-refractivity contribution in [2.24, 2.45) is 0 Å². The third-order valence-corrected chi connectivity index (χ3v) is 6.46. The molecule has 1 fully saturated rings. The minimum Gasteiger partial charge on any atom is -0.361 e. The second-order valence-corrected chi connectivity index (χ2v) is 8.65. The van der Waals surface area contributed by atoms with E-state index in [1.54, 1.807) is 23.2 Å². The molecular formula is C26H26FN5O. The third kappa shape index (κ3) is 4.50. The lowest BCUT2D eigenvalue weighted by atomic mass is 9.99. The number of hydrogen-bond acceptors (Lipinski definition) is 4. The van der Waals surface area contributed by atoms with Crippen LogP contribution in [0.25, 0.3) is 22.0 Å². The molecule has 168 valence electrons. The molecule has 0 bridgehead atoms. The fourth-order valence-electron chi connectivity index (χ4n) is 4.53. The predicted octanol–water partition coefficient (Wildman–Crippen LogP) is 4.50. The molecule has 1 aliphatic heterocycles. The van der Waals surface area contributed by atoms with Gasteiger partial charge >= 0.3 is 0 Å². The molecule has 0 atom stereocenters. The van der Waals surface area contributed by atoms with E-state index in [9.17, 15) is 9.18 Å². The van der Waals surface area contributed by atoms with Gasteiger partial charge in [-0.2, -0.15) is 0 Å². The number of nitrogens with zero attached hydrogens (tertiary/aromatic N) is 4. The van der Waals surface area contributed by atoms with Crippen LogP contribution in [0.4, 0.5) is 4.39 Å². The number of halogens is 1. The maximum absolute atomic E-state index is 15.0. The zero-order valence-electron chi connectivity index (χ0n) is 18.5. The standard InChI is InChI=1S/C26H26FN5O/c1-31-12-8-22(9-13-31)32(26(33)25-7-10-28-17-30-25)16-21-15-18(2-4-23(21)27)19-3-5-24-20(14-19)6-11-29-24/h2-7,10-11,14-15,17,22,29H,8-9,12-13,16H2,1H3. The number of carbonyl (C=O) groups is 1. The van der Waals surface area contributed by atoms with Crippen LogP contribution in [-0.2, 0) is 6.54 Å². The van der Waals surface area contributed by atoms with Gasteiger partial charge in [0.25, 0.3) is 5.91 Å². The summed E-state index contributed by atoms with van der Waals surface area (Å²) in [4.78, 5) is 28.7. The van der Waals surface area contributed by atoms with Crippen molar-refractivity contribution in [3.8, 4) is 11.1 Å². The van der Waals surface area contributed by atoms with Gasteiger partial charge in [0.1, 0.15) is 17.8 Å². The fraction of sp³-hybridized carbons (Fsp3) is 0.269. The molecule has 7 heteroatoms. The van der Waals surface area contributed by atoms with Gasteiger partial charge in [0.15, 0.2) is 0 Å². The zero-order valence-corrected chi connectivity index (χ0v) is 18.5. The first-order valence-corrected chi connectivity index (χ1v) is 11.2. The van der Waals surface area contributed by atoms with Gasteiger partial charge in [0.05, 0.1) is 0 Å². The van der Waals surface area contributed by atoms with Crippen LogP contribution in [0.15, 0.2) is 67.3 Å². The molecule has 1 N–H and O–H groups in total. The van der Waals surface area contributed by atoms with Gasteiger partial charge in [0.2, 0.25) is 0 Å². The summed E-state index contributed by atoms with van der Waals surface area (Å²) in [5, 5.41) is 1.10. The summed E-state index contributed by atoms with van der Waals surface area (Å²) in [7, 11) is 2.08. The summed E-state index contributed by atoms with van der Waals surface area (Å²) in [6, 6.07) is 14.9. The highest BCUT2D eigenvalue weighted by Crippen LogP contribution is 2.28. The monoisotopic (exact) mass is 443 g/mol. The van der Waals surface area contributed by atoms with E-state index in [2.05, 4.69) is 33.0 Å². The number of aromatic nitrogens is 3. The van der Waals surface area contributed by atoms with Crippen molar-refractivity contribution in [2.45, 2.75) is 25.4 Å². The molecule has 1 aliphatic rings. The molecule has 2 aromatic heterocycles. The Bertz CT molecular complexity index is 1260. The number of H-pyrrole nitrogens is 1. The van der Waals surface area contributed by atoms with Crippen LogP contribution in [0.1, 0.15) is 28.9 Å². The molecule has 6 nitrogen and oxygen atoms in total. The Balaban J connectivity index is 1.47. The SMILES string of the molecule is CN1CCC(N(Cc2cc(-c3ccc4[nH]ccc4c3)ccc2F)C(=O)c2ccncn2)CC1. The lowest BCUT2D eigenvalue weighted by Gasteiger charge is -2.37. The lowest BCUT2D eigenvalue weighted by Crippen LogP contribution is -2.46. The maximum Gasteiger partial charge on any atom is 0.273 e. The minimum absolute atomic E-state index is 0.0305. The molecule has 1 amide bonds. The summed E-state index contributed by atoms with van der Waals surface area (Å²) in [5.74, 6) is -0.500. The number of rotatable bonds is 5. The molecule has 2 aromatic carbocycles. The van der Waals surface area contributed by atoms with E-state index < -0.39 is 0 Å². The molecule has 0 saturated carbocycles. The quantitative estimate of drug-likeness (QED) is 0.493. The Morgan fingerprint density at radius 3 is 2.70 bits per heavy atom. The van der Waals surface area contributed by atoms with Crippen molar-refractivity contribution < 1.29 is 9.18 Å². The summed E-state index contributed by atoms with van der Waals surface area (Å²) < 4.78 is 15.0. The highest BCUT2D eigenvalue weighted by molar-refractivity contribution is 5.92. The van der Waals surface area contributed by atoms with Gasteiger partial charge in [-0.3, -0.25) is 4.79 Å². The zero-order chi connectivity index (χ0) is 22.8. The molecule has 33 heavy (non-hydrogen) atoms. The van der Waals surface area contributed by atoms with Gasteiger partial charge in [0, 0.05) is 36.1 Å². The number of amides is 1. The molecule has 0 spiro atoms. The largest absolute Gasteiger partial charge is 0.361 e. The number of aromatic amines is 1. The Labute approximate surface area is 192 Å². The Hall–Kier alpha value is -3.58. The van der Waals surface area contributed by atoms with Crippen LogP contribution in [0, 0.1) is 5.82 Å². The maximum atomic E-state index is 15.0. The summed E-state index contributed by atoms with van der Waals surface area (Å²) in [6.45, 7) is 2.00. The average molecular weight is 444 g/mol. The topological polar surface area (TPSA) is 65.1 Å². The van der Waals surface area contributed by atoms with E-state index in [1.165, 1.54) is 12.4 Å². The number of benzene rings is 2. The highest BCUT2D eigenvalue weighted by Gasteiger charge is 2.29. The molecule has 0 radical (unpaired) electrons. The first-order valence-electron chi connectivity index (χ1n) is 11.2. The Morgan fingerprint density at radius 1 is 1.12 bits per heavy atom. The van der Waals surface area contributed by atoms with Crippen molar-refractivity contribution in [3.63, 3.8) is 0 Å². The number of nitrogens with one attached hydrogen (secondary N) is 1. The van der Waals surface area contributed by atoms with Crippen LogP contribution < -0.4 is 0 Å². The second kappa shape index (κ2) is 9.11. The Morgan fingerprint density at radius 2 is 1.91 bits per heavy atom. The van der Waals surface area contributed by atoms with Crippen molar-refractivity contribution in [2.75, 3.05) is 20.1 Å². The summed E-state index contributed by atoms with van der Waals surface area (Å²) >= 11 is 0. The molecule has 1 saturated heterocycles. The van der Waals surface area contributed by atoms with E-state index in [-0.39, 0.29) is 24.3 Å². The second-order valence-electron chi connectivity index (χ2n) is 8.65. The van der Waals surface area contributed by atoms with Crippen molar-refractivity contribution in [1.82, 2.24) is 24.8 Å². The first-order chi connectivity index (χ1) is 16.1. The van der Waals surface area contributed by atoms with Crippen LogP contribution in [0.2, 0.25) is 0 Å². The van der Waals surface area contributed by atoms with Crippen molar-refractivity contribution in [3.05, 3.63) is 84.3 Å². The van der Waals surface area contributed by atoms with Gasteiger partial charge in [-0.25, -0.2) is 14.4 Å². The van der Waals surface area contributed by atoms with E-state index in [1.807, 2.05) is 30.5 Å². The molecule has 0 unspecified atom stereocenters. The number of fused-ring (bicyclic) bond motifs is 1. The normalized spacial score (nSPS) is 15.1. The number of carbonyl (C=O) groups excluding carboxylic acids is 1. The van der Waals surface area contributed by atoms with E-state index in [4.69, 9.17) is 0 Å². The summed E-state index contributed by atoms with van der Waals surface area (Å²) in [6.07, 6.45) is 6.53. The molecule has 3 heterocycles. The first kappa shape index (κ1) is 21.3. The summed E-state index contributed by atoms with van der Waals surface area (Å²) in [5.41, 5.74) is 3.83. The highest BCUT2D eigenvalue weighted by atomic mass is 19.1. The van der Waals surface area contributed by atoms with Gasteiger partial charge in [-0.15, -0.1) is 0 Å². The molecular weight excluding hydrogens is 417 g/mol. The minimum atomic E-state index is -0.310. The van der Waals surface area contributed by atoms with Crippen LogP contribution in [0.3, 0.4) is 0 Å². The van der Waals surface area contributed by atoms with Crippen LogP contribution >= 0.6 is 0 Å². The predicted molar refractivity (Wildman–Crippen MR) is 126 cm³/mol. The lowest BCUT2D eigenvalue weighted by molar-refractivity contribution is 0.0561. The number of hydrogen-bond donors (Lipinski definition) is 1. The van der Waals surface area contributed by atoms with E-state index >= 15 is 0 Å². The van der Waals surface area contributed by atoms with Gasteiger partial charge < -0.3 is 14.8 Å². The molecule has 0 aliphatic carbocycles. The average Bonchev–Trinajstić information content (AvgIpc) is 3.32. The van der Waals surface area contributed by atoms with E-state index in [0.29, 0.717) is 11.3 Å². The smallest absolute Gasteiger partial charge is 0.273 e. The van der Waals surface area contributed by atoms with E-state index in [0.717, 1.165) is 48.0 Å². The number of likely N-dealkylation sites (tertiary alicyclic amines) is 1. The van der Waals surface area contributed by atoms with Gasteiger partial charge in [-0.05, 0) is 85.9 Å². The van der Waals surface area contributed by atoms with Crippen LogP contribution in [-0.4, -0.2) is 56.8 Å². The third-order valence-electron chi connectivity index (χ3n) is 6.46. The van der Waals surface area contributed by atoms with Crippen molar-refractivity contribution >= 4 is 16.8 Å². The van der Waals surface area contributed by atoms with Crippen LogP contribution in [0.5, 0.6) is 0 Å².